The Morgan fingerprint density at radius 1 is 1.03 bits per heavy atom. The van der Waals surface area contributed by atoms with Crippen molar-refractivity contribution in [3.05, 3.63) is 95.2 Å². The first kappa shape index (κ1) is 24.1. The molecule has 3 heterocycles. The predicted octanol–water partition coefficient (Wildman–Crippen LogP) is 4.15. The lowest BCUT2D eigenvalue weighted by molar-refractivity contribution is -0.124. The van der Waals surface area contributed by atoms with Crippen molar-refractivity contribution in [2.24, 2.45) is 7.05 Å². The number of ether oxygens (including phenoxy) is 3. The molecule has 0 saturated heterocycles. The van der Waals surface area contributed by atoms with Gasteiger partial charge in [0.25, 0.3) is 5.91 Å². The fraction of sp³-hybridized carbons (Fsp3) is 0.267. The van der Waals surface area contributed by atoms with E-state index in [1.807, 2.05) is 78.5 Å². The fourth-order valence-corrected chi connectivity index (χ4v) is 5.62. The molecule has 2 aliphatic heterocycles. The molecule has 0 fully saturated rings. The number of aryl methyl sites for hydroxylation is 1. The van der Waals surface area contributed by atoms with E-state index in [1.54, 1.807) is 18.1 Å². The number of hydrogen-bond donors (Lipinski definition) is 1. The average Bonchev–Trinajstić information content (AvgIpc) is 3.55. The van der Waals surface area contributed by atoms with Gasteiger partial charge in [-0.1, -0.05) is 42.5 Å². The van der Waals surface area contributed by atoms with E-state index in [0.29, 0.717) is 36.8 Å². The topological polar surface area (TPSA) is 82.0 Å². The predicted molar refractivity (Wildman–Crippen MR) is 142 cm³/mol. The quantitative estimate of drug-likeness (QED) is 0.403. The number of para-hydroxylation sites is 1. The number of benzene rings is 3. The molecule has 2 aliphatic rings. The number of carbonyl (C=O) groups is 2. The summed E-state index contributed by atoms with van der Waals surface area (Å²) in [6.07, 6.45) is 2.04. The van der Waals surface area contributed by atoms with E-state index in [2.05, 4.69) is 5.32 Å². The molecule has 4 aromatic rings. The SMILES string of the molecule is COCCN1C(=O)c2ccccc2C(C(=O)NCc2ccc3c(c2)OCO3)C1c1cn(C)c2ccccc12. The summed E-state index contributed by atoms with van der Waals surface area (Å²) < 4.78 is 18.3. The highest BCUT2D eigenvalue weighted by molar-refractivity contribution is 6.02. The van der Waals surface area contributed by atoms with Crippen LogP contribution in [0.2, 0.25) is 0 Å². The minimum Gasteiger partial charge on any atom is -0.454 e. The van der Waals surface area contributed by atoms with Crippen molar-refractivity contribution in [2.45, 2.75) is 18.5 Å². The lowest BCUT2D eigenvalue weighted by Gasteiger charge is -2.41. The zero-order valence-corrected chi connectivity index (χ0v) is 21.3. The minimum absolute atomic E-state index is 0.101. The highest BCUT2D eigenvalue weighted by Crippen LogP contribution is 2.45. The number of fused-ring (bicyclic) bond motifs is 3. The zero-order valence-electron chi connectivity index (χ0n) is 21.3. The Morgan fingerprint density at radius 3 is 2.68 bits per heavy atom. The molecule has 38 heavy (non-hydrogen) atoms. The van der Waals surface area contributed by atoms with Crippen LogP contribution in [0.1, 0.15) is 39.0 Å². The lowest BCUT2D eigenvalue weighted by atomic mass is 9.79. The number of aromatic nitrogens is 1. The van der Waals surface area contributed by atoms with Gasteiger partial charge in [0.05, 0.1) is 18.6 Å². The smallest absolute Gasteiger partial charge is 0.254 e. The molecule has 3 aromatic carbocycles. The maximum Gasteiger partial charge on any atom is 0.254 e. The van der Waals surface area contributed by atoms with Crippen molar-refractivity contribution in [1.29, 1.82) is 0 Å². The Hall–Kier alpha value is -4.30. The molecule has 2 unspecified atom stereocenters. The number of carbonyl (C=O) groups excluding carboxylic acids is 2. The standard InChI is InChI=1S/C30H29N3O5/c1-32-17-23(20-7-5-6-10-24(20)32)28-27(21-8-3-4-9-22(21)30(35)33(28)13-14-36-2)29(34)31-16-19-11-12-25-26(15-19)38-18-37-25/h3-12,15,17,27-28H,13-14,16,18H2,1-2H3,(H,31,34). The molecular formula is C30H29N3O5. The van der Waals surface area contributed by atoms with Gasteiger partial charge in [-0.2, -0.15) is 0 Å². The van der Waals surface area contributed by atoms with Gasteiger partial charge in [0.15, 0.2) is 11.5 Å². The van der Waals surface area contributed by atoms with Crippen LogP contribution in [0.3, 0.4) is 0 Å². The molecule has 8 heteroatoms. The molecular weight excluding hydrogens is 482 g/mol. The summed E-state index contributed by atoms with van der Waals surface area (Å²) in [5.41, 5.74) is 4.15. The van der Waals surface area contributed by atoms with Gasteiger partial charge in [0.2, 0.25) is 12.7 Å². The van der Waals surface area contributed by atoms with Crippen molar-refractivity contribution in [2.75, 3.05) is 27.1 Å². The number of nitrogens with zero attached hydrogens (tertiary/aromatic N) is 2. The molecule has 0 bridgehead atoms. The molecule has 0 radical (unpaired) electrons. The van der Waals surface area contributed by atoms with Crippen LogP contribution >= 0.6 is 0 Å². The summed E-state index contributed by atoms with van der Waals surface area (Å²) in [6.45, 7) is 1.24. The zero-order chi connectivity index (χ0) is 26.2. The molecule has 0 spiro atoms. The number of nitrogens with one attached hydrogen (secondary N) is 1. The molecule has 6 rings (SSSR count). The number of methoxy groups -OCH3 is 1. The molecule has 2 amide bonds. The van der Waals surface area contributed by atoms with Crippen LogP contribution in [0.25, 0.3) is 10.9 Å². The maximum absolute atomic E-state index is 14.1. The number of amides is 2. The lowest BCUT2D eigenvalue weighted by Crippen LogP contribution is -2.48. The van der Waals surface area contributed by atoms with Crippen LogP contribution in [-0.4, -0.2) is 48.3 Å². The number of rotatable bonds is 7. The highest BCUT2D eigenvalue weighted by Gasteiger charge is 2.44. The Labute approximate surface area is 220 Å². The summed E-state index contributed by atoms with van der Waals surface area (Å²) in [6, 6.07) is 20.6. The van der Waals surface area contributed by atoms with Gasteiger partial charge >= 0.3 is 0 Å². The van der Waals surface area contributed by atoms with Crippen LogP contribution in [-0.2, 0) is 23.1 Å². The summed E-state index contributed by atoms with van der Waals surface area (Å²) in [7, 11) is 3.60. The van der Waals surface area contributed by atoms with Crippen molar-refractivity contribution < 1.29 is 23.8 Å². The Balaban J connectivity index is 1.42. The van der Waals surface area contributed by atoms with Gasteiger partial charge in [-0.3, -0.25) is 9.59 Å². The molecule has 8 nitrogen and oxygen atoms in total. The van der Waals surface area contributed by atoms with Gasteiger partial charge in [-0.15, -0.1) is 0 Å². The van der Waals surface area contributed by atoms with Crippen LogP contribution in [0.15, 0.2) is 72.9 Å². The third-order valence-corrected chi connectivity index (χ3v) is 7.41. The minimum atomic E-state index is -0.611. The number of hydrogen-bond acceptors (Lipinski definition) is 5. The second kappa shape index (κ2) is 9.87. The second-order valence-corrected chi connectivity index (χ2v) is 9.62. The molecule has 1 aromatic heterocycles. The first-order valence-corrected chi connectivity index (χ1v) is 12.7. The van der Waals surface area contributed by atoms with Crippen molar-refractivity contribution in [3.63, 3.8) is 0 Å². The first-order valence-electron chi connectivity index (χ1n) is 12.7. The normalized spacial score (nSPS) is 18.1. The van der Waals surface area contributed by atoms with Gasteiger partial charge in [-0.05, 0) is 35.4 Å². The van der Waals surface area contributed by atoms with E-state index < -0.39 is 12.0 Å². The van der Waals surface area contributed by atoms with E-state index >= 15 is 0 Å². The third-order valence-electron chi connectivity index (χ3n) is 7.41. The van der Waals surface area contributed by atoms with Gasteiger partial charge < -0.3 is 29.0 Å². The summed E-state index contributed by atoms with van der Waals surface area (Å²) in [5.74, 6) is 0.508. The van der Waals surface area contributed by atoms with Crippen LogP contribution in [0.4, 0.5) is 0 Å². The molecule has 2 atom stereocenters. The first-order chi connectivity index (χ1) is 18.6. The summed E-state index contributed by atoms with van der Waals surface area (Å²) in [4.78, 5) is 29.7. The Bertz CT molecular complexity index is 1530. The van der Waals surface area contributed by atoms with Gasteiger partial charge in [0.1, 0.15) is 0 Å². The van der Waals surface area contributed by atoms with E-state index in [9.17, 15) is 9.59 Å². The third kappa shape index (κ3) is 4.07. The maximum atomic E-state index is 14.1. The van der Waals surface area contributed by atoms with Gasteiger partial charge in [-0.25, -0.2) is 0 Å². The molecule has 1 N–H and O–H groups in total. The van der Waals surface area contributed by atoms with E-state index in [1.165, 1.54) is 0 Å². The van der Waals surface area contributed by atoms with Crippen LogP contribution in [0.5, 0.6) is 11.5 Å². The highest BCUT2D eigenvalue weighted by atomic mass is 16.7. The Morgan fingerprint density at radius 2 is 1.82 bits per heavy atom. The van der Waals surface area contributed by atoms with E-state index in [0.717, 1.165) is 27.6 Å². The average molecular weight is 512 g/mol. The monoisotopic (exact) mass is 511 g/mol. The molecule has 194 valence electrons. The fourth-order valence-electron chi connectivity index (χ4n) is 5.62. The van der Waals surface area contributed by atoms with Crippen LogP contribution < -0.4 is 14.8 Å². The van der Waals surface area contributed by atoms with Crippen molar-refractivity contribution >= 4 is 22.7 Å². The second-order valence-electron chi connectivity index (χ2n) is 9.62. The van der Waals surface area contributed by atoms with Crippen LogP contribution in [0, 0.1) is 0 Å². The van der Waals surface area contributed by atoms with Crippen molar-refractivity contribution in [3.8, 4) is 11.5 Å². The molecule has 0 saturated carbocycles. The summed E-state index contributed by atoms with van der Waals surface area (Å²) in [5, 5.41) is 4.15. The van der Waals surface area contributed by atoms with Crippen molar-refractivity contribution in [1.82, 2.24) is 14.8 Å². The largest absolute Gasteiger partial charge is 0.454 e. The van der Waals surface area contributed by atoms with E-state index in [-0.39, 0.29) is 18.6 Å². The van der Waals surface area contributed by atoms with E-state index in [4.69, 9.17) is 14.2 Å². The van der Waals surface area contributed by atoms with Gasteiger partial charge in [0, 0.05) is 55.5 Å². The molecule has 0 aliphatic carbocycles. The summed E-state index contributed by atoms with van der Waals surface area (Å²) >= 11 is 0. The Kier molecular flexibility index (Phi) is 6.25.